The SMILES string of the molecule is CCC(Sc1nnc(CC(=O)Nc2ccccc2OC)n1C)C(=O)NC1CCCC1. The number of carbonyl (C=O) groups is 2. The lowest BCUT2D eigenvalue weighted by atomic mass is 10.2. The van der Waals surface area contributed by atoms with Crippen LogP contribution in [0, 0.1) is 0 Å². The molecule has 9 heteroatoms. The zero-order valence-corrected chi connectivity index (χ0v) is 18.5. The van der Waals surface area contributed by atoms with Crippen molar-refractivity contribution in [3.05, 3.63) is 30.1 Å². The summed E-state index contributed by atoms with van der Waals surface area (Å²) in [6.07, 6.45) is 5.24. The Labute approximate surface area is 181 Å². The van der Waals surface area contributed by atoms with Crippen LogP contribution < -0.4 is 15.4 Å². The van der Waals surface area contributed by atoms with E-state index in [1.54, 1.807) is 23.8 Å². The highest BCUT2D eigenvalue weighted by molar-refractivity contribution is 8.00. The lowest BCUT2D eigenvalue weighted by molar-refractivity contribution is -0.121. The van der Waals surface area contributed by atoms with Crippen LogP contribution in [0.15, 0.2) is 29.4 Å². The standard InChI is InChI=1S/C21H29N5O3S/c1-4-17(20(28)22-14-9-5-6-10-14)30-21-25-24-18(26(21)2)13-19(27)23-15-11-7-8-12-16(15)29-3/h7-8,11-12,14,17H,4-6,9-10,13H2,1-3H3,(H,22,28)(H,23,27). The second-order valence-electron chi connectivity index (χ2n) is 7.39. The highest BCUT2D eigenvalue weighted by Gasteiger charge is 2.25. The monoisotopic (exact) mass is 431 g/mol. The van der Waals surface area contributed by atoms with Gasteiger partial charge in [0.15, 0.2) is 5.16 Å². The largest absolute Gasteiger partial charge is 0.495 e. The van der Waals surface area contributed by atoms with Gasteiger partial charge in [-0.15, -0.1) is 10.2 Å². The maximum Gasteiger partial charge on any atom is 0.233 e. The van der Waals surface area contributed by atoms with E-state index in [0.717, 1.165) is 12.8 Å². The van der Waals surface area contributed by atoms with Gasteiger partial charge in [0.25, 0.3) is 0 Å². The quantitative estimate of drug-likeness (QED) is 0.593. The van der Waals surface area contributed by atoms with Gasteiger partial charge in [-0.1, -0.05) is 43.7 Å². The molecule has 1 saturated carbocycles. The molecule has 30 heavy (non-hydrogen) atoms. The Morgan fingerprint density at radius 1 is 1.27 bits per heavy atom. The van der Waals surface area contributed by atoms with Crippen LogP contribution in [0.5, 0.6) is 5.75 Å². The number of nitrogens with zero attached hydrogens (tertiary/aromatic N) is 3. The van der Waals surface area contributed by atoms with Gasteiger partial charge in [0.2, 0.25) is 11.8 Å². The molecule has 8 nitrogen and oxygen atoms in total. The topological polar surface area (TPSA) is 98.1 Å². The molecule has 0 saturated heterocycles. The first kappa shape index (κ1) is 22.1. The smallest absolute Gasteiger partial charge is 0.233 e. The molecule has 1 fully saturated rings. The molecule has 1 aromatic heterocycles. The number of hydrogen-bond donors (Lipinski definition) is 2. The van der Waals surface area contributed by atoms with Crippen molar-refractivity contribution in [2.75, 3.05) is 12.4 Å². The summed E-state index contributed by atoms with van der Waals surface area (Å²) in [5, 5.41) is 14.8. The van der Waals surface area contributed by atoms with Gasteiger partial charge in [0.1, 0.15) is 11.6 Å². The molecule has 1 aromatic carbocycles. The summed E-state index contributed by atoms with van der Waals surface area (Å²) in [6.45, 7) is 1.99. The molecule has 0 radical (unpaired) electrons. The van der Waals surface area contributed by atoms with Gasteiger partial charge in [-0.05, 0) is 31.4 Å². The van der Waals surface area contributed by atoms with Crippen LogP contribution in [0.2, 0.25) is 0 Å². The number of hydrogen-bond acceptors (Lipinski definition) is 6. The number of aromatic nitrogens is 3. The summed E-state index contributed by atoms with van der Waals surface area (Å²) in [4.78, 5) is 25.1. The molecule has 2 N–H and O–H groups in total. The number of ether oxygens (including phenoxy) is 1. The second kappa shape index (κ2) is 10.5. The first-order chi connectivity index (χ1) is 14.5. The van der Waals surface area contributed by atoms with E-state index >= 15 is 0 Å². The number of methoxy groups -OCH3 is 1. The number of para-hydroxylation sites is 2. The molecule has 2 aromatic rings. The van der Waals surface area contributed by atoms with Crippen LogP contribution in [0.25, 0.3) is 0 Å². The summed E-state index contributed by atoms with van der Waals surface area (Å²) in [7, 11) is 3.37. The van der Waals surface area contributed by atoms with Crippen molar-refractivity contribution < 1.29 is 14.3 Å². The van der Waals surface area contributed by atoms with Crippen molar-refractivity contribution in [1.82, 2.24) is 20.1 Å². The zero-order chi connectivity index (χ0) is 21.5. The minimum Gasteiger partial charge on any atom is -0.495 e. The maximum absolute atomic E-state index is 12.6. The fourth-order valence-electron chi connectivity index (χ4n) is 3.50. The molecule has 1 unspecified atom stereocenters. The van der Waals surface area contributed by atoms with Crippen LogP contribution in [0.1, 0.15) is 44.9 Å². The Kier molecular flexibility index (Phi) is 7.73. The minimum atomic E-state index is -0.233. The van der Waals surface area contributed by atoms with Crippen molar-refractivity contribution in [3.63, 3.8) is 0 Å². The molecule has 162 valence electrons. The van der Waals surface area contributed by atoms with E-state index in [1.165, 1.54) is 24.6 Å². The number of rotatable bonds is 9. The van der Waals surface area contributed by atoms with Crippen molar-refractivity contribution in [3.8, 4) is 5.75 Å². The van der Waals surface area contributed by atoms with Gasteiger partial charge in [-0.2, -0.15) is 0 Å². The number of amides is 2. The second-order valence-corrected chi connectivity index (χ2v) is 8.56. The number of anilines is 1. The lowest BCUT2D eigenvalue weighted by Gasteiger charge is -2.18. The Bertz CT molecular complexity index is 879. The minimum absolute atomic E-state index is 0.0489. The molecule has 3 rings (SSSR count). The van der Waals surface area contributed by atoms with E-state index in [4.69, 9.17) is 4.74 Å². The first-order valence-corrected chi connectivity index (χ1v) is 11.2. The lowest BCUT2D eigenvalue weighted by Crippen LogP contribution is -2.38. The van der Waals surface area contributed by atoms with Crippen LogP contribution in [-0.2, 0) is 23.1 Å². The van der Waals surface area contributed by atoms with Crippen molar-refractivity contribution in [2.45, 2.75) is 61.9 Å². The molecule has 0 aliphatic heterocycles. The highest BCUT2D eigenvalue weighted by Crippen LogP contribution is 2.26. The number of nitrogens with one attached hydrogen (secondary N) is 2. The Morgan fingerprint density at radius 3 is 2.70 bits per heavy atom. The van der Waals surface area contributed by atoms with Crippen LogP contribution in [0.3, 0.4) is 0 Å². The van der Waals surface area contributed by atoms with E-state index in [-0.39, 0.29) is 23.5 Å². The van der Waals surface area contributed by atoms with E-state index < -0.39 is 0 Å². The Morgan fingerprint density at radius 2 is 2.00 bits per heavy atom. The zero-order valence-electron chi connectivity index (χ0n) is 17.7. The van der Waals surface area contributed by atoms with Crippen LogP contribution in [-0.4, -0.2) is 45.0 Å². The summed E-state index contributed by atoms with van der Waals surface area (Å²) >= 11 is 1.39. The molecule has 1 aliphatic rings. The van der Waals surface area contributed by atoms with E-state index in [1.807, 2.05) is 26.1 Å². The molecular weight excluding hydrogens is 402 g/mol. The maximum atomic E-state index is 12.6. The number of thioether (sulfide) groups is 1. The number of carbonyl (C=O) groups excluding carboxylic acids is 2. The van der Waals surface area contributed by atoms with Gasteiger partial charge in [0.05, 0.1) is 24.5 Å². The molecule has 1 heterocycles. The predicted molar refractivity (Wildman–Crippen MR) is 117 cm³/mol. The van der Waals surface area contributed by atoms with Crippen LogP contribution >= 0.6 is 11.8 Å². The van der Waals surface area contributed by atoms with E-state index in [0.29, 0.717) is 34.9 Å². The summed E-state index contributed by atoms with van der Waals surface area (Å²) in [6, 6.07) is 7.53. The molecule has 2 amide bonds. The summed E-state index contributed by atoms with van der Waals surface area (Å²) in [5.74, 6) is 0.973. The highest BCUT2D eigenvalue weighted by atomic mass is 32.2. The Balaban J connectivity index is 1.60. The van der Waals surface area contributed by atoms with Gasteiger partial charge in [-0.25, -0.2) is 0 Å². The normalized spacial score (nSPS) is 15.0. The fourth-order valence-corrected chi connectivity index (χ4v) is 4.45. The van der Waals surface area contributed by atoms with Crippen molar-refractivity contribution in [1.29, 1.82) is 0 Å². The average Bonchev–Trinajstić information content (AvgIpc) is 3.37. The first-order valence-electron chi connectivity index (χ1n) is 10.3. The molecule has 0 bridgehead atoms. The van der Waals surface area contributed by atoms with Gasteiger partial charge < -0.3 is 19.9 Å². The molecule has 1 atom stereocenters. The number of benzene rings is 1. The fraction of sp³-hybridized carbons (Fsp3) is 0.524. The van der Waals surface area contributed by atoms with Crippen molar-refractivity contribution >= 4 is 29.3 Å². The van der Waals surface area contributed by atoms with Crippen LogP contribution in [0.4, 0.5) is 5.69 Å². The van der Waals surface area contributed by atoms with E-state index in [2.05, 4.69) is 20.8 Å². The third kappa shape index (κ3) is 5.53. The molecular formula is C21H29N5O3S. The van der Waals surface area contributed by atoms with Gasteiger partial charge >= 0.3 is 0 Å². The predicted octanol–water partition coefficient (Wildman–Crippen LogP) is 2.93. The third-order valence-electron chi connectivity index (χ3n) is 5.24. The van der Waals surface area contributed by atoms with Gasteiger partial charge in [0, 0.05) is 13.1 Å². The average molecular weight is 432 g/mol. The van der Waals surface area contributed by atoms with Gasteiger partial charge in [-0.3, -0.25) is 9.59 Å². The Hall–Kier alpha value is -2.55. The van der Waals surface area contributed by atoms with E-state index in [9.17, 15) is 9.59 Å². The third-order valence-corrected chi connectivity index (χ3v) is 6.64. The summed E-state index contributed by atoms with van der Waals surface area (Å²) in [5.41, 5.74) is 0.608. The van der Waals surface area contributed by atoms with Crippen molar-refractivity contribution in [2.24, 2.45) is 7.05 Å². The molecule has 1 aliphatic carbocycles. The summed E-state index contributed by atoms with van der Waals surface area (Å²) < 4.78 is 7.04. The molecule has 0 spiro atoms.